The number of likely N-dealkylation sites (tertiary alicyclic amines) is 2. The van der Waals surface area contributed by atoms with E-state index in [2.05, 4.69) is 55.1 Å². The molecular formula is C25H33N7O. The Hall–Kier alpha value is -3.00. The summed E-state index contributed by atoms with van der Waals surface area (Å²) >= 11 is 0. The highest BCUT2D eigenvalue weighted by Crippen LogP contribution is 2.49. The third-order valence-electron chi connectivity index (χ3n) is 7.79. The number of rotatable bonds is 4. The Morgan fingerprint density at radius 2 is 1.85 bits per heavy atom. The molecule has 174 valence electrons. The highest BCUT2D eigenvalue weighted by atomic mass is 16.2. The van der Waals surface area contributed by atoms with E-state index in [0.717, 1.165) is 68.3 Å². The SMILES string of the molecule is Cc1nn(C)c(C)c1C(=O)N1CCC2(CC1)CN(Cc1ccccc1)CC2c1nncn1C. The Labute approximate surface area is 195 Å². The zero-order chi connectivity index (χ0) is 23.2. The van der Waals surface area contributed by atoms with Crippen LogP contribution in [-0.2, 0) is 20.6 Å². The summed E-state index contributed by atoms with van der Waals surface area (Å²) in [5.41, 5.74) is 3.94. The van der Waals surface area contributed by atoms with E-state index >= 15 is 0 Å². The van der Waals surface area contributed by atoms with E-state index in [1.807, 2.05) is 32.8 Å². The van der Waals surface area contributed by atoms with Gasteiger partial charge >= 0.3 is 0 Å². The third-order valence-corrected chi connectivity index (χ3v) is 7.79. The van der Waals surface area contributed by atoms with Gasteiger partial charge in [0.15, 0.2) is 0 Å². The van der Waals surface area contributed by atoms with Crippen LogP contribution in [0.4, 0.5) is 0 Å². The molecule has 1 atom stereocenters. The van der Waals surface area contributed by atoms with Gasteiger partial charge in [0.2, 0.25) is 0 Å². The summed E-state index contributed by atoms with van der Waals surface area (Å²) in [4.78, 5) is 17.9. The summed E-state index contributed by atoms with van der Waals surface area (Å²) in [5, 5.41) is 13.1. The number of aryl methyl sites for hydroxylation is 3. The van der Waals surface area contributed by atoms with Crippen LogP contribution in [0.3, 0.4) is 0 Å². The minimum Gasteiger partial charge on any atom is -0.338 e. The Balaban J connectivity index is 1.37. The first-order chi connectivity index (χ1) is 15.9. The maximum atomic E-state index is 13.4. The second kappa shape index (κ2) is 8.41. The van der Waals surface area contributed by atoms with Crippen LogP contribution >= 0.6 is 0 Å². The van der Waals surface area contributed by atoms with Gasteiger partial charge in [0.1, 0.15) is 12.2 Å². The van der Waals surface area contributed by atoms with Crippen molar-refractivity contribution in [2.75, 3.05) is 26.2 Å². The van der Waals surface area contributed by atoms with Crippen molar-refractivity contribution in [3.8, 4) is 0 Å². The molecule has 3 aromatic rings. The average molecular weight is 448 g/mol. The quantitative estimate of drug-likeness (QED) is 0.615. The van der Waals surface area contributed by atoms with Gasteiger partial charge in [0, 0.05) is 58.4 Å². The first-order valence-corrected chi connectivity index (χ1v) is 11.8. The lowest BCUT2D eigenvalue weighted by Crippen LogP contribution is -2.46. The molecule has 0 radical (unpaired) electrons. The molecule has 1 aromatic carbocycles. The van der Waals surface area contributed by atoms with Gasteiger partial charge in [-0.1, -0.05) is 30.3 Å². The molecule has 0 bridgehead atoms. The lowest BCUT2D eigenvalue weighted by atomic mass is 9.70. The number of carbonyl (C=O) groups is 1. The molecule has 1 spiro atoms. The van der Waals surface area contributed by atoms with Crippen molar-refractivity contribution in [2.45, 2.75) is 39.2 Å². The van der Waals surface area contributed by atoms with E-state index in [0.29, 0.717) is 5.92 Å². The second-order valence-electron chi connectivity index (χ2n) is 9.83. The first-order valence-electron chi connectivity index (χ1n) is 11.8. The third kappa shape index (κ3) is 3.86. The van der Waals surface area contributed by atoms with E-state index in [4.69, 9.17) is 0 Å². The van der Waals surface area contributed by atoms with Gasteiger partial charge in [0.05, 0.1) is 11.3 Å². The van der Waals surface area contributed by atoms with E-state index in [-0.39, 0.29) is 11.3 Å². The van der Waals surface area contributed by atoms with Crippen molar-refractivity contribution in [1.29, 1.82) is 0 Å². The Morgan fingerprint density at radius 1 is 1.12 bits per heavy atom. The fraction of sp³-hybridized carbons (Fsp3) is 0.520. The summed E-state index contributed by atoms with van der Waals surface area (Å²) in [6, 6.07) is 10.7. The van der Waals surface area contributed by atoms with Crippen LogP contribution in [0.5, 0.6) is 0 Å². The summed E-state index contributed by atoms with van der Waals surface area (Å²) in [6.45, 7) is 8.35. The van der Waals surface area contributed by atoms with Crippen LogP contribution in [-0.4, -0.2) is 66.4 Å². The molecule has 2 aliphatic heterocycles. The fourth-order valence-corrected chi connectivity index (χ4v) is 5.90. The maximum Gasteiger partial charge on any atom is 0.257 e. The predicted octanol–water partition coefficient (Wildman–Crippen LogP) is 2.69. The number of piperidine rings is 1. The molecule has 0 N–H and O–H groups in total. The molecule has 2 aromatic heterocycles. The van der Waals surface area contributed by atoms with Gasteiger partial charge < -0.3 is 9.47 Å². The van der Waals surface area contributed by atoms with Gasteiger partial charge in [-0.15, -0.1) is 10.2 Å². The molecule has 5 rings (SSSR count). The van der Waals surface area contributed by atoms with Crippen molar-refractivity contribution >= 4 is 5.91 Å². The van der Waals surface area contributed by atoms with Crippen molar-refractivity contribution < 1.29 is 4.79 Å². The minimum absolute atomic E-state index is 0.103. The van der Waals surface area contributed by atoms with E-state index in [1.165, 1.54) is 5.56 Å². The average Bonchev–Trinajstić information content (AvgIpc) is 3.44. The molecule has 8 nitrogen and oxygen atoms in total. The van der Waals surface area contributed by atoms with E-state index in [9.17, 15) is 4.79 Å². The fourth-order valence-electron chi connectivity index (χ4n) is 5.90. The number of amides is 1. The molecule has 2 aliphatic rings. The Bertz CT molecular complexity index is 1140. The minimum atomic E-state index is 0.103. The van der Waals surface area contributed by atoms with E-state index in [1.54, 1.807) is 11.0 Å². The standard InChI is InChI=1S/C25H33N7O/c1-18-22(19(2)30(4)28-18)24(33)32-12-10-25(11-13-32)16-31(14-20-8-6-5-7-9-20)15-21(25)23-27-26-17-29(23)3/h5-9,17,21H,10-16H2,1-4H3. The largest absolute Gasteiger partial charge is 0.338 e. The number of nitrogens with zero attached hydrogens (tertiary/aromatic N) is 7. The lowest BCUT2D eigenvalue weighted by molar-refractivity contribution is 0.0553. The smallest absolute Gasteiger partial charge is 0.257 e. The number of aromatic nitrogens is 5. The van der Waals surface area contributed by atoms with Crippen LogP contribution in [0, 0.1) is 19.3 Å². The topological polar surface area (TPSA) is 72.1 Å². The molecule has 1 amide bonds. The number of hydrogen-bond acceptors (Lipinski definition) is 5. The van der Waals surface area contributed by atoms with Crippen LogP contribution in [0.1, 0.15) is 51.9 Å². The Morgan fingerprint density at radius 3 is 2.45 bits per heavy atom. The van der Waals surface area contributed by atoms with Crippen LogP contribution in [0.15, 0.2) is 36.7 Å². The van der Waals surface area contributed by atoms with Gasteiger partial charge in [0.25, 0.3) is 5.91 Å². The molecule has 8 heteroatoms. The number of hydrogen-bond donors (Lipinski definition) is 0. The summed E-state index contributed by atoms with van der Waals surface area (Å²) in [5.74, 6) is 1.49. The highest BCUT2D eigenvalue weighted by molar-refractivity contribution is 5.96. The molecule has 1 unspecified atom stereocenters. The van der Waals surface area contributed by atoms with Gasteiger partial charge in [-0.05, 0) is 37.7 Å². The molecule has 4 heterocycles. The summed E-state index contributed by atoms with van der Waals surface area (Å²) in [7, 11) is 3.94. The van der Waals surface area contributed by atoms with Crippen molar-refractivity contribution in [3.05, 3.63) is 65.0 Å². The molecule has 2 saturated heterocycles. The highest BCUT2D eigenvalue weighted by Gasteiger charge is 2.50. The molecule has 2 fully saturated rings. The molecule has 33 heavy (non-hydrogen) atoms. The normalized spacial score (nSPS) is 20.6. The number of benzene rings is 1. The zero-order valence-electron chi connectivity index (χ0n) is 20.0. The monoisotopic (exact) mass is 447 g/mol. The van der Waals surface area contributed by atoms with Crippen molar-refractivity contribution in [3.63, 3.8) is 0 Å². The predicted molar refractivity (Wildman–Crippen MR) is 126 cm³/mol. The van der Waals surface area contributed by atoms with Crippen LogP contribution in [0.25, 0.3) is 0 Å². The number of carbonyl (C=O) groups excluding carboxylic acids is 1. The Kier molecular flexibility index (Phi) is 5.56. The first kappa shape index (κ1) is 21.8. The molecular weight excluding hydrogens is 414 g/mol. The van der Waals surface area contributed by atoms with Gasteiger partial charge in [-0.25, -0.2) is 0 Å². The summed E-state index contributed by atoms with van der Waals surface area (Å²) in [6.07, 6.45) is 3.75. The van der Waals surface area contributed by atoms with E-state index < -0.39 is 0 Å². The van der Waals surface area contributed by atoms with Crippen LogP contribution < -0.4 is 0 Å². The van der Waals surface area contributed by atoms with Crippen molar-refractivity contribution in [2.24, 2.45) is 19.5 Å². The second-order valence-corrected chi connectivity index (χ2v) is 9.83. The molecule has 0 saturated carbocycles. The van der Waals surface area contributed by atoms with Crippen LogP contribution in [0.2, 0.25) is 0 Å². The summed E-state index contributed by atoms with van der Waals surface area (Å²) < 4.78 is 3.87. The van der Waals surface area contributed by atoms with Gasteiger partial charge in [-0.2, -0.15) is 5.10 Å². The van der Waals surface area contributed by atoms with Gasteiger partial charge in [-0.3, -0.25) is 14.4 Å². The molecule has 0 aliphatic carbocycles. The lowest BCUT2D eigenvalue weighted by Gasteiger charge is -2.42. The zero-order valence-corrected chi connectivity index (χ0v) is 20.0. The van der Waals surface area contributed by atoms with Crippen molar-refractivity contribution in [1.82, 2.24) is 34.3 Å². The maximum absolute atomic E-state index is 13.4.